The number of nitrogens with one attached hydrogen (secondary N) is 3. The zero-order valence-corrected chi connectivity index (χ0v) is 8.71. The molecule has 0 aliphatic heterocycles. The quantitative estimate of drug-likeness (QED) is 0.676. The lowest BCUT2D eigenvalue weighted by Gasteiger charge is -2.07. The van der Waals surface area contributed by atoms with Crippen molar-refractivity contribution in [3.05, 3.63) is 42.7 Å². The van der Waals surface area contributed by atoms with Crippen molar-refractivity contribution in [2.24, 2.45) is 0 Å². The van der Waals surface area contributed by atoms with E-state index in [0.717, 1.165) is 5.69 Å². The molecule has 0 unspecified atom stereocenters. The summed E-state index contributed by atoms with van der Waals surface area (Å²) in [5.41, 5.74) is 0.946. The van der Waals surface area contributed by atoms with Crippen LogP contribution >= 0.6 is 12.2 Å². The lowest BCUT2D eigenvalue weighted by Crippen LogP contribution is -2.19. The highest BCUT2D eigenvalue weighted by atomic mass is 32.1. The predicted octanol–water partition coefficient (Wildman–Crippen LogP) is 2.22. The van der Waals surface area contributed by atoms with E-state index in [9.17, 15) is 0 Å². The van der Waals surface area contributed by atoms with E-state index in [4.69, 9.17) is 12.2 Å². The summed E-state index contributed by atoms with van der Waals surface area (Å²) < 4.78 is 0. The van der Waals surface area contributed by atoms with Crippen molar-refractivity contribution in [2.45, 2.75) is 0 Å². The number of para-hydroxylation sites is 1. The second-order valence-electron chi connectivity index (χ2n) is 2.88. The molecule has 15 heavy (non-hydrogen) atoms. The molecule has 0 saturated carbocycles. The van der Waals surface area contributed by atoms with Gasteiger partial charge in [0.1, 0.15) is 0 Å². The van der Waals surface area contributed by atoms with E-state index in [1.54, 1.807) is 12.4 Å². The van der Waals surface area contributed by atoms with E-state index < -0.39 is 0 Å². The van der Waals surface area contributed by atoms with Gasteiger partial charge in [-0.2, -0.15) is 0 Å². The molecule has 0 aliphatic carbocycles. The third-order valence-electron chi connectivity index (χ3n) is 1.76. The van der Waals surface area contributed by atoms with Gasteiger partial charge in [-0.05, 0) is 24.4 Å². The molecule has 4 nitrogen and oxygen atoms in total. The first-order valence-corrected chi connectivity index (χ1v) is 4.88. The van der Waals surface area contributed by atoms with Crippen LogP contribution in [-0.2, 0) is 0 Å². The van der Waals surface area contributed by atoms with Crippen molar-refractivity contribution in [2.75, 3.05) is 10.6 Å². The number of H-pyrrole nitrogens is 1. The number of imidazole rings is 1. The minimum absolute atomic E-state index is 0.510. The molecule has 0 fully saturated rings. The van der Waals surface area contributed by atoms with E-state index >= 15 is 0 Å². The van der Waals surface area contributed by atoms with Crippen LogP contribution in [0.2, 0.25) is 0 Å². The van der Waals surface area contributed by atoms with Gasteiger partial charge in [0.2, 0.25) is 5.95 Å². The molecular weight excluding hydrogens is 208 g/mol. The van der Waals surface area contributed by atoms with Gasteiger partial charge in [-0.3, -0.25) is 0 Å². The summed E-state index contributed by atoms with van der Waals surface area (Å²) >= 11 is 5.10. The normalized spacial score (nSPS) is 9.60. The van der Waals surface area contributed by atoms with Gasteiger partial charge in [0.05, 0.1) is 0 Å². The molecule has 0 radical (unpaired) electrons. The van der Waals surface area contributed by atoms with E-state index in [1.807, 2.05) is 30.3 Å². The third-order valence-corrected chi connectivity index (χ3v) is 1.97. The number of hydrogen-bond acceptors (Lipinski definition) is 2. The molecule has 2 rings (SSSR count). The van der Waals surface area contributed by atoms with Crippen LogP contribution in [0.3, 0.4) is 0 Å². The lowest BCUT2D eigenvalue weighted by atomic mass is 10.3. The summed E-state index contributed by atoms with van der Waals surface area (Å²) in [6, 6.07) is 9.72. The van der Waals surface area contributed by atoms with Crippen molar-refractivity contribution in [1.29, 1.82) is 0 Å². The van der Waals surface area contributed by atoms with Gasteiger partial charge in [-0.1, -0.05) is 18.2 Å². The SMILES string of the molecule is S=C(Nc1ccccc1)Nc1ncc[nH]1. The molecule has 3 N–H and O–H groups in total. The fourth-order valence-electron chi connectivity index (χ4n) is 1.13. The fourth-order valence-corrected chi connectivity index (χ4v) is 1.34. The van der Waals surface area contributed by atoms with E-state index in [0.29, 0.717) is 11.1 Å². The first-order valence-electron chi connectivity index (χ1n) is 4.47. The number of benzene rings is 1. The smallest absolute Gasteiger partial charge is 0.206 e. The molecule has 5 heteroatoms. The van der Waals surface area contributed by atoms with Crippen LogP contribution < -0.4 is 10.6 Å². The Bertz CT molecular complexity index is 424. The Morgan fingerprint density at radius 2 is 2.00 bits per heavy atom. The maximum atomic E-state index is 5.10. The van der Waals surface area contributed by atoms with E-state index in [-0.39, 0.29) is 0 Å². The molecule has 0 aliphatic rings. The van der Waals surface area contributed by atoms with Crippen LogP contribution in [0.4, 0.5) is 11.6 Å². The van der Waals surface area contributed by atoms with Crippen LogP contribution in [0.1, 0.15) is 0 Å². The molecule has 0 bridgehead atoms. The van der Waals surface area contributed by atoms with Gasteiger partial charge in [0.25, 0.3) is 0 Å². The summed E-state index contributed by atoms with van der Waals surface area (Å²) in [4.78, 5) is 6.91. The van der Waals surface area contributed by atoms with Gasteiger partial charge >= 0.3 is 0 Å². The summed E-state index contributed by atoms with van der Waals surface area (Å²) in [7, 11) is 0. The Labute approximate surface area is 92.7 Å². The minimum Gasteiger partial charge on any atom is -0.332 e. The van der Waals surface area contributed by atoms with Gasteiger partial charge in [0, 0.05) is 18.1 Å². The third kappa shape index (κ3) is 2.78. The summed E-state index contributed by atoms with van der Waals surface area (Å²) in [5.74, 6) is 0.628. The number of anilines is 2. The number of hydrogen-bond donors (Lipinski definition) is 3. The average molecular weight is 218 g/mol. The number of nitrogens with zero attached hydrogens (tertiary/aromatic N) is 1. The highest BCUT2D eigenvalue weighted by Crippen LogP contribution is 2.05. The first-order chi connectivity index (χ1) is 7.34. The average Bonchev–Trinajstić information content (AvgIpc) is 2.71. The fraction of sp³-hybridized carbons (Fsp3) is 0. The molecule has 0 amide bonds. The Hall–Kier alpha value is -1.88. The summed E-state index contributed by atoms with van der Waals surface area (Å²) in [6.07, 6.45) is 3.39. The predicted molar refractivity (Wildman–Crippen MR) is 64.9 cm³/mol. The minimum atomic E-state index is 0.510. The standard InChI is InChI=1S/C10H10N4S/c15-10(14-9-11-6-7-12-9)13-8-4-2-1-3-5-8/h1-7H,(H3,11,12,13,14,15). The van der Waals surface area contributed by atoms with Crippen molar-refractivity contribution in [3.63, 3.8) is 0 Å². The molecule has 1 heterocycles. The zero-order chi connectivity index (χ0) is 10.5. The summed E-state index contributed by atoms with van der Waals surface area (Å²) in [5, 5.41) is 6.47. The van der Waals surface area contributed by atoms with Crippen LogP contribution in [0.5, 0.6) is 0 Å². The molecule has 76 valence electrons. The van der Waals surface area contributed by atoms with Crippen molar-refractivity contribution < 1.29 is 0 Å². The molecule has 1 aromatic carbocycles. The maximum Gasteiger partial charge on any atom is 0.206 e. The Kier molecular flexibility index (Phi) is 2.94. The highest BCUT2D eigenvalue weighted by Gasteiger charge is 1.98. The van der Waals surface area contributed by atoms with Crippen LogP contribution in [0.15, 0.2) is 42.7 Å². The molecule has 0 atom stereocenters. The van der Waals surface area contributed by atoms with Crippen molar-refractivity contribution in [1.82, 2.24) is 9.97 Å². The molecule has 0 spiro atoms. The molecular formula is C10H10N4S. The highest BCUT2D eigenvalue weighted by molar-refractivity contribution is 7.80. The Balaban J connectivity index is 1.94. The topological polar surface area (TPSA) is 52.7 Å². The van der Waals surface area contributed by atoms with Crippen molar-refractivity contribution >= 4 is 29.0 Å². The van der Waals surface area contributed by atoms with Crippen molar-refractivity contribution in [3.8, 4) is 0 Å². The molecule has 2 aromatic rings. The van der Waals surface area contributed by atoms with Gasteiger partial charge in [0.15, 0.2) is 5.11 Å². The summed E-state index contributed by atoms with van der Waals surface area (Å²) in [6.45, 7) is 0. The maximum absolute atomic E-state index is 5.10. The van der Waals surface area contributed by atoms with Crippen LogP contribution in [0, 0.1) is 0 Å². The Morgan fingerprint density at radius 1 is 1.20 bits per heavy atom. The second kappa shape index (κ2) is 4.56. The number of rotatable bonds is 2. The first kappa shape index (κ1) is 9.67. The number of aromatic nitrogens is 2. The second-order valence-corrected chi connectivity index (χ2v) is 3.29. The van der Waals surface area contributed by atoms with Crippen LogP contribution in [-0.4, -0.2) is 15.1 Å². The number of aromatic amines is 1. The Morgan fingerprint density at radius 3 is 2.67 bits per heavy atom. The van der Waals surface area contributed by atoms with E-state index in [1.165, 1.54) is 0 Å². The number of thiocarbonyl (C=S) groups is 1. The lowest BCUT2D eigenvalue weighted by molar-refractivity contribution is 1.31. The van der Waals surface area contributed by atoms with Gasteiger partial charge < -0.3 is 15.6 Å². The van der Waals surface area contributed by atoms with Gasteiger partial charge in [-0.25, -0.2) is 4.98 Å². The van der Waals surface area contributed by atoms with E-state index in [2.05, 4.69) is 20.6 Å². The zero-order valence-electron chi connectivity index (χ0n) is 7.90. The molecule has 1 aromatic heterocycles. The monoisotopic (exact) mass is 218 g/mol. The van der Waals surface area contributed by atoms with Gasteiger partial charge in [-0.15, -0.1) is 0 Å². The molecule has 0 saturated heterocycles. The largest absolute Gasteiger partial charge is 0.332 e. The van der Waals surface area contributed by atoms with Crippen LogP contribution in [0.25, 0.3) is 0 Å².